The molecule has 2 saturated carbocycles. The Morgan fingerprint density at radius 1 is 1.05 bits per heavy atom. The quantitative estimate of drug-likeness (QED) is 0.705. The van der Waals surface area contributed by atoms with E-state index in [1.165, 1.54) is 62.6 Å². The molecule has 2 fully saturated rings. The molecule has 0 bridgehead atoms. The summed E-state index contributed by atoms with van der Waals surface area (Å²) >= 11 is 0. The van der Waals surface area contributed by atoms with Crippen molar-refractivity contribution in [2.24, 2.45) is 0 Å². The number of rotatable bonds is 10. The largest absolute Gasteiger partial charge is 0.314 e. The van der Waals surface area contributed by atoms with Crippen molar-refractivity contribution in [2.75, 3.05) is 13.1 Å². The van der Waals surface area contributed by atoms with E-state index in [0.717, 1.165) is 25.2 Å². The molecule has 116 valence electrons. The lowest BCUT2D eigenvalue weighted by atomic mass is 10.1. The maximum Gasteiger partial charge on any atom is 0.0236 e. The summed E-state index contributed by atoms with van der Waals surface area (Å²) in [5, 5.41) is 3.59. The first-order valence-corrected chi connectivity index (χ1v) is 8.90. The van der Waals surface area contributed by atoms with Crippen molar-refractivity contribution in [1.29, 1.82) is 0 Å². The maximum absolute atomic E-state index is 3.59. The molecule has 1 aromatic carbocycles. The molecular formula is C19H30N2. The van der Waals surface area contributed by atoms with E-state index < -0.39 is 0 Å². The van der Waals surface area contributed by atoms with Crippen molar-refractivity contribution in [2.45, 2.75) is 70.5 Å². The van der Waals surface area contributed by atoms with Gasteiger partial charge in [0.1, 0.15) is 0 Å². The molecule has 2 aliphatic rings. The minimum atomic E-state index is 0.829. The van der Waals surface area contributed by atoms with Gasteiger partial charge in [-0.1, -0.05) is 37.6 Å². The highest BCUT2D eigenvalue weighted by atomic mass is 15.2. The van der Waals surface area contributed by atoms with Gasteiger partial charge < -0.3 is 5.32 Å². The van der Waals surface area contributed by atoms with Gasteiger partial charge in [0.15, 0.2) is 0 Å². The van der Waals surface area contributed by atoms with Gasteiger partial charge in [-0.25, -0.2) is 0 Å². The third kappa shape index (κ3) is 5.12. The number of nitrogens with one attached hydrogen (secondary N) is 1. The van der Waals surface area contributed by atoms with Crippen LogP contribution in [0.15, 0.2) is 24.3 Å². The fourth-order valence-corrected chi connectivity index (χ4v) is 2.95. The zero-order chi connectivity index (χ0) is 14.5. The lowest BCUT2D eigenvalue weighted by molar-refractivity contribution is 0.250. The normalized spacial score (nSPS) is 18.4. The van der Waals surface area contributed by atoms with E-state index >= 15 is 0 Å². The molecule has 1 N–H and O–H groups in total. The Bertz CT molecular complexity index is 418. The number of hydrogen-bond acceptors (Lipinski definition) is 2. The smallest absolute Gasteiger partial charge is 0.0236 e. The molecule has 0 unspecified atom stereocenters. The second-order valence-corrected chi connectivity index (χ2v) is 6.85. The highest BCUT2D eigenvalue weighted by Crippen LogP contribution is 2.28. The average Bonchev–Trinajstić information content (AvgIpc) is 3.38. The lowest BCUT2D eigenvalue weighted by Crippen LogP contribution is -2.26. The van der Waals surface area contributed by atoms with Crippen molar-refractivity contribution in [3.05, 3.63) is 35.4 Å². The van der Waals surface area contributed by atoms with Crippen LogP contribution in [0.4, 0.5) is 0 Å². The summed E-state index contributed by atoms with van der Waals surface area (Å²) in [6.45, 7) is 5.84. The maximum atomic E-state index is 3.59. The molecule has 2 aliphatic carbocycles. The fourth-order valence-electron chi connectivity index (χ4n) is 2.95. The van der Waals surface area contributed by atoms with Crippen molar-refractivity contribution < 1.29 is 0 Å². The molecule has 0 aromatic heterocycles. The zero-order valence-electron chi connectivity index (χ0n) is 13.5. The third-order valence-electron chi connectivity index (χ3n) is 4.69. The van der Waals surface area contributed by atoms with Crippen LogP contribution in [0.1, 0.15) is 56.6 Å². The lowest BCUT2D eigenvalue weighted by Gasteiger charge is -2.22. The molecule has 0 heterocycles. The van der Waals surface area contributed by atoms with Crippen LogP contribution in [-0.2, 0) is 13.0 Å². The van der Waals surface area contributed by atoms with Gasteiger partial charge in [-0.3, -0.25) is 4.90 Å². The molecule has 0 atom stereocenters. The number of hydrogen-bond donors (Lipinski definition) is 1. The van der Waals surface area contributed by atoms with E-state index in [1.807, 2.05) is 0 Å². The Labute approximate surface area is 129 Å². The second kappa shape index (κ2) is 7.42. The molecule has 0 aliphatic heterocycles. The molecule has 0 saturated heterocycles. The van der Waals surface area contributed by atoms with Crippen LogP contribution in [0.25, 0.3) is 0 Å². The van der Waals surface area contributed by atoms with Gasteiger partial charge in [0.2, 0.25) is 0 Å². The minimum absolute atomic E-state index is 0.829. The Kier molecular flexibility index (Phi) is 5.32. The highest BCUT2D eigenvalue weighted by Gasteiger charge is 2.28. The van der Waals surface area contributed by atoms with Crippen molar-refractivity contribution in [3.63, 3.8) is 0 Å². The minimum Gasteiger partial charge on any atom is -0.314 e. The Balaban J connectivity index is 1.45. The third-order valence-corrected chi connectivity index (χ3v) is 4.69. The van der Waals surface area contributed by atoms with Crippen LogP contribution in [-0.4, -0.2) is 30.1 Å². The van der Waals surface area contributed by atoms with E-state index in [-0.39, 0.29) is 0 Å². The Morgan fingerprint density at radius 2 is 1.76 bits per heavy atom. The molecule has 2 nitrogen and oxygen atoms in total. The van der Waals surface area contributed by atoms with Gasteiger partial charge in [0.05, 0.1) is 0 Å². The summed E-state index contributed by atoms with van der Waals surface area (Å²) in [5.74, 6) is 0. The number of benzene rings is 1. The molecule has 0 radical (unpaired) electrons. The summed E-state index contributed by atoms with van der Waals surface area (Å²) in [5.41, 5.74) is 2.95. The van der Waals surface area contributed by atoms with Gasteiger partial charge in [-0.05, 0) is 62.7 Å². The van der Waals surface area contributed by atoms with Crippen LogP contribution in [0.5, 0.6) is 0 Å². The topological polar surface area (TPSA) is 15.3 Å². The second-order valence-electron chi connectivity index (χ2n) is 6.85. The predicted octanol–water partition coefficient (Wildman–Crippen LogP) is 3.75. The average molecular weight is 286 g/mol. The standard InChI is InChI=1S/C19H30N2/c1-2-3-14-21(19-10-11-19)15-17-6-4-16(5-7-17)12-13-20-18-8-9-18/h4-7,18-20H,2-3,8-15H2,1H3. The van der Waals surface area contributed by atoms with Crippen LogP contribution in [0.3, 0.4) is 0 Å². The van der Waals surface area contributed by atoms with E-state index in [1.54, 1.807) is 0 Å². The summed E-state index contributed by atoms with van der Waals surface area (Å²) in [4.78, 5) is 2.69. The molecule has 0 amide bonds. The number of unbranched alkanes of at least 4 members (excludes halogenated alkanes) is 1. The molecule has 21 heavy (non-hydrogen) atoms. The van der Waals surface area contributed by atoms with Gasteiger partial charge in [0.25, 0.3) is 0 Å². The van der Waals surface area contributed by atoms with Gasteiger partial charge in [0, 0.05) is 18.6 Å². The highest BCUT2D eigenvalue weighted by molar-refractivity contribution is 5.23. The molecule has 1 aromatic rings. The molecule has 0 spiro atoms. The van der Waals surface area contributed by atoms with Crippen molar-refractivity contribution in [1.82, 2.24) is 10.2 Å². The first kappa shape index (κ1) is 15.1. The van der Waals surface area contributed by atoms with Crippen molar-refractivity contribution >= 4 is 0 Å². The summed E-state index contributed by atoms with van der Waals surface area (Å²) in [6.07, 6.45) is 9.39. The Morgan fingerprint density at radius 3 is 2.38 bits per heavy atom. The van der Waals surface area contributed by atoms with Crippen LogP contribution >= 0.6 is 0 Å². The first-order chi connectivity index (χ1) is 10.3. The first-order valence-electron chi connectivity index (χ1n) is 8.90. The molecular weight excluding hydrogens is 256 g/mol. The van der Waals surface area contributed by atoms with Gasteiger partial charge >= 0.3 is 0 Å². The summed E-state index contributed by atoms with van der Waals surface area (Å²) in [7, 11) is 0. The Hall–Kier alpha value is -0.860. The summed E-state index contributed by atoms with van der Waals surface area (Å²) in [6, 6.07) is 11.0. The molecule has 2 heteroatoms. The van der Waals surface area contributed by atoms with E-state index in [2.05, 4.69) is 41.4 Å². The van der Waals surface area contributed by atoms with Gasteiger partial charge in [-0.15, -0.1) is 0 Å². The zero-order valence-corrected chi connectivity index (χ0v) is 13.5. The van der Waals surface area contributed by atoms with E-state index in [9.17, 15) is 0 Å². The van der Waals surface area contributed by atoms with Crippen LogP contribution < -0.4 is 5.32 Å². The SMILES string of the molecule is CCCCN(Cc1ccc(CCNC2CC2)cc1)C1CC1. The fraction of sp³-hybridized carbons (Fsp3) is 0.684. The van der Waals surface area contributed by atoms with Crippen LogP contribution in [0.2, 0.25) is 0 Å². The number of nitrogens with zero attached hydrogens (tertiary/aromatic N) is 1. The van der Waals surface area contributed by atoms with E-state index in [0.29, 0.717) is 0 Å². The van der Waals surface area contributed by atoms with Crippen molar-refractivity contribution in [3.8, 4) is 0 Å². The summed E-state index contributed by atoms with van der Waals surface area (Å²) < 4.78 is 0. The van der Waals surface area contributed by atoms with E-state index in [4.69, 9.17) is 0 Å². The predicted molar refractivity (Wildman–Crippen MR) is 89.5 cm³/mol. The monoisotopic (exact) mass is 286 g/mol. The van der Waals surface area contributed by atoms with Gasteiger partial charge in [-0.2, -0.15) is 0 Å². The van der Waals surface area contributed by atoms with Crippen LogP contribution in [0, 0.1) is 0 Å². The molecule has 3 rings (SSSR count).